The molecule has 1 fully saturated rings. The van der Waals surface area contributed by atoms with E-state index in [-0.39, 0.29) is 18.4 Å². The third-order valence-corrected chi connectivity index (χ3v) is 4.99. The van der Waals surface area contributed by atoms with E-state index in [9.17, 15) is 9.59 Å². The quantitative estimate of drug-likeness (QED) is 0.822. The number of nitrogens with zero attached hydrogens (tertiary/aromatic N) is 2. The summed E-state index contributed by atoms with van der Waals surface area (Å²) in [5.74, 6) is -1.23. The lowest BCUT2D eigenvalue weighted by molar-refractivity contribution is -0.137. The molecule has 2 aromatic rings. The third-order valence-electron chi connectivity index (χ3n) is 4.51. The molecule has 2 heterocycles. The van der Waals surface area contributed by atoms with Gasteiger partial charge in [0.1, 0.15) is 11.5 Å². The number of para-hydroxylation sites is 1. The van der Waals surface area contributed by atoms with Gasteiger partial charge in [0.05, 0.1) is 0 Å². The molecule has 0 aliphatic carbocycles. The number of aromatic nitrogens is 1. The number of thiocarbonyl (C=S) groups is 1. The predicted molar refractivity (Wildman–Crippen MR) is 94.8 cm³/mol. The summed E-state index contributed by atoms with van der Waals surface area (Å²) in [6, 6.07) is 7.64. The highest BCUT2D eigenvalue weighted by molar-refractivity contribution is 7.80. The monoisotopic (exact) mass is 345 g/mol. The first-order chi connectivity index (χ1) is 11.5. The summed E-state index contributed by atoms with van der Waals surface area (Å²) in [5, 5.41) is 10.0. The zero-order valence-electron chi connectivity index (χ0n) is 13.1. The maximum absolute atomic E-state index is 11.3. The minimum absolute atomic E-state index is 0.0857. The second-order valence-electron chi connectivity index (χ2n) is 6.05. The number of hydrogen-bond donors (Lipinski definition) is 2. The van der Waals surface area contributed by atoms with Crippen LogP contribution in [0.1, 0.15) is 18.4 Å². The molecule has 1 aliphatic heterocycles. The molecule has 1 amide bonds. The number of likely N-dealkylation sites (tertiary alicyclic amines) is 1. The number of nitrogens with two attached hydrogens (primary N) is 1. The van der Waals surface area contributed by atoms with Gasteiger partial charge in [-0.05, 0) is 18.9 Å². The number of aliphatic carboxylic acids is 1. The number of primary amides is 1. The summed E-state index contributed by atoms with van der Waals surface area (Å²) in [4.78, 5) is 25.1. The molecule has 3 rings (SSSR count). The fourth-order valence-electron chi connectivity index (χ4n) is 3.23. The Morgan fingerprint density at radius 1 is 1.25 bits per heavy atom. The van der Waals surface area contributed by atoms with E-state index in [1.165, 1.54) is 0 Å². The fraction of sp³-hybridized carbons (Fsp3) is 0.353. The number of carbonyl (C=O) groups is 2. The first kappa shape index (κ1) is 16.4. The van der Waals surface area contributed by atoms with Gasteiger partial charge in [0, 0.05) is 41.7 Å². The van der Waals surface area contributed by atoms with Crippen molar-refractivity contribution in [3.05, 3.63) is 36.0 Å². The summed E-state index contributed by atoms with van der Waals surface area (Å²) in [7, 11) is 0. The van der Waals surface area contributed by atoms with Crippen molar-refractivity contribution in [2.45, 2.75) is 19.4 Å². The van der Waals surface area contributed by atoms with Crippen molar-refractivity contribution in [1.82, 2.24) is 9.47 Å². The van der Waals surface area contributed by atoms with Crippen molar-refractivity contribution in [1.29, 1.82) is 0 Å². The van der Waals surface area contributed by atoms with Gasteiger partial charge in [-0.15, -0.1) is 0 Å². The Bertz CT molecular complexity index is 807. The molecule has 3 N–H and O–H groups in total. The Balaban J connectivity index is 1.88. The molecule has 24 heavy (non-hydrogen) atoms. The third kappa shape index (κ3) is 3.12. The lowest BCUT2D eigenvalue weighted by Crippen LogP contribution is -2.41. The molecule has 0 spiro atoms. The van der Waals surface area contributed by atoms with E-state index < -0.39 is 5.97 Å². The second kappa shape index (κ2) is 6.60. The van der Waals surface area contributed by atoms with E-state index in [0.717, 1.165) is 16.5 Å². The second-order valence-corrected chi connectivity index (χ2v) is 6.44. The van der Waals surface area contributed by atoms with Crippen LogP contribution in [0.3, 0.4) is 0 Å². The van der Waals surface area contributed by atoms with E-state index in [4.69, 9.17) is 23.1 Å². The summed E-state index contributed by atoms with van der Waals surface area (Å²) in [6.07, 6.45) is 3.20. The molecule has 0 radical (unpaired) electrons. The summed E-state index contributed by atoms with van der Waals surface area (Å²) in [5.41, 5.74) is 7.09. The van der Waals surface area contributed by atoms with Crippen LogP contribution in [0.2, 0.25) is 0 Å². The van der Waals surface area contributed by atoms with Gasteiger partial charge in [-0.3, -0.25) is 9.59 Å². The largest absolute Gasteiger partial charge is 0.480 e. The molecule has 0 atom stereocenters. The van der Waals surface area contributed by atoms with Crippen molar-refractivity contribution in [3.8, 4) is 0 Å². The van der Waals surface area contributed by atoms with Gasteiger partial charge in [-0.2, -0.15) is 0 Å². The smallest absolute Gasteiger partial charge is 0.323 e. The number of benzene rings is 1. The van der Waals surface area contributed by atoms with Crippen molar-refractivity contribution in [2.24, 2.45) is 11.7 Å². The van der Waals surface area contributed by atoms with Crippen LogP contribution in [0.5, 0.6) is 0 Å². The molecule has 126 valence electrons. The predicted octanol–water partition coefficient (Wildman–Crippen LogP) is 1.60. The van der Waals surface area contributed by atoms with Gasteiger partial charge < -0.3 is 20.3 Å². The number of hydrogen-bond acceptors (Lipinski definition) is 3. The van der Waals surface area contributed by atoms with Gasteiger partial charge in [0.15, 0.2) is 0 Å². The maximum Gasteiger partial charge on any atom is 0.323 e. The Morgan fingerprint density at radius 3 is 2.54 bits per heavy atom. The van der Waals surface area contributed by atoms with Gasteiger partial charge in [-0.1, -0.05) is 30.4 Å². The standard InChI is InChI=1S/C17H19N3O3S/c18-16(23)11-5-7-19(8-6-11)17(24)13-9-20(10-15(21)22)14-4-2-1-3-12(13)14/h1-4,9,11H,5-8,10H2,(H2,18,23)(H,21,22). The van der Waals surface area contributed by atoms with E-state index >= 15 is 0 Å². The highest BCUT2D eigenvalue weighted by Crippen LogP contribution is 2.26. The molecule has 1 aromatic carbocycles. The van der Waals surface area contributed by atoms with E-state index in [1.807, 2.05) is 24.3 Å². The number of piperidine rings is 1. The van der Waals surface area contributed by atoms with Crippen molar-refractivity contribution in [2.75, 3.05) is 13.1 Å². The van der Waals surface area contributed by atoms with Crippen LogP contribution in [0.25, 0.3) is 10.9 Å². The first-order valence-electron chi connectivity index (χ1n) is 7.85. The molecule has 0 saturated carbocycles. The molecular weight excluding hydrogens is 326 g/mol. The van der Waals surface area contributed by atoms with Crippen molar-refractivity contribution in [3.63, 3.8) is 0 Å². The first-order valence-corrected chi connectivity index (χ1v) is 8.26. The van der Waals surface area contributed by atoms with Crippen LogP contribution >= 0.6 is 12.2 Å². The zero-order chi connectivity index (χ0) is 17.3. The summed E-state index contributed by atoms with van der Waals surface area (Å²) >= 11 is 5.65. The lowest BCUT2D eigenvalue weighted by Gasteiger charge is -2.32. The average Bonchev–Trinajstić information content (AvgIpc) is 2.92. The van der Waals surface area contributed by atoms with E-state index in [0.29, 0.717) is 30.9 Å². The van der Waals surface area contributed by atoms with E-state index in [2.05, 4.69) is 4.90 Å². The van der Waals surface area contributed by atoms with Gasteiger partial charge >= 0.3 is 5.97 Å². The Morgan fingerprint density at radius 2 is 1.92 bits per heavy atom. The van der Waals surface area contributed by atoms with Crippen LogP contribution in [-0.2, 0) is 16.1 Å². The molecule has 7 heteroatoms. The number of carboxylic acids is 1. The zero-order valence-corrected chi connectivity index (χ0v) is 14.0. The van der Waals surface area contributed by atoms with Crippen molar-refractivity contribution >= 4 is 40.0 Å². The lowest BCUT2D eigenvalue weighted by atomic mass is 9.96. The molecule has 0 unspecified atom stereocenters. The van der Waals surface area contributed by atoms with Crippen LogP contribution in [0.4, 0.5) is 0 Å². The van der Waals surface area contributed by atoms with Crippen LogP contribution < -0.4 is 5.73 Å². The number of carbonyl (C=O) groups excluding carboxylic acids is 1. The van der Waals surface area contributed by atoms with Gasteiger partial charge in [-0.25, -0.2) is 0 Å². The number of fused-ring (bicyclic) bond motifs is 1. The number of rotatable bonds is 4. The highest BCUT2D eigenvalue weighted by Gasteiger charge is 2.26. The molecule has 1 saturated heterocycles. The highest BCUT2D eigenvalue weighted by atomic mass is 32.1. The summed E-state index contributed by atoms with van der Waals surface area (Å²) in [6.45, 7) is 1.27. The topological polar surface area (TPSA) is 88.6 Å². The Kier molecular flexibility index (Phi) is 4.53. The van der Waals surface area contributed by atoms with Crippen LogP contribution in [-0.4, -0.2) is 44.5 Å². The average molecular weight is 345 g/mol. The van der Waals surface area contributed by atoms with Crippen LogP contribution in [0.15, 0.2) is 30.5 Å². The van der Waals surface area contributed by atoms with Gasteiger partial charge in [0.25, 0.3) is 0 Å². The SMILES string of the molecule is NC(=O)C1CCN(C(=S)c2cn(CC(=O)O)c3ccccc23)CC1. The summed E-state index contributed by atoms with van der Waals surface area (Å²) < 4.78 is 1.70. The molecule has 0 bridgehead atoms. The minimum Gasteiger partial charge on any atom is -0.480 e. The maximum atomic E-state index is 11.3. The molecule has 6 nitrogen and oxygen atoms in total. The fourth-order valence-corrected chi connectivity index (χ4v) is 3.58. The molecule has 1 aromatic heterocycles. The van der Waals surface area contributed by atoms with E-state index in [1.54, 1.807) is 10.8 Å². The van der Waals surface area contributed by atoms with Crippen LogP contribution in [0, 0.1) is 5.92 Å². The normalized spacial score (nSPS) is 15.6. The minimum atomic E-state index is -0.893. The Labute approximate surface area is 144 Å². The Hall–Kier alpha value is -2.41. The molecule has 1 aliphatic rings. The molecular formula is C17H19N3O3S. The number of amides is 1. The number of carboxylic acid groups (broad SMARTS) is 1. The van der Waals surface area contributed by atoms with Crippen molar-refractivity contribution < 1.29 is 14.7 Å². The van der Waals surface area contributed by atoms with Gasteiger partial charge in [0.2, 0.25) is 5.91 Å².